The van der Waals surface area contributed by atoms with Gasteiger partial charge >= 0.3 is 0 Å². The van der Waals surface area contributed by atoms with Crippen LogP contribution in [0.25, 0.3) is 0 Å². The van der Waals surface area contributed by atoms with Crippen LogP contribution in [0.2, 0.25) is 0 Å². The van der Waals surface area contributed by atoms with Crippen molar-refractivity contribution in [2.24, 2.45) is 0 Å². The predicted octanol–water partition coefficient (Wildman–Crippen LogP) is 3.87. The number of aryl methyl sites for hydroxylation is 1. The first kappa shape index (κ1) is 16.6. The van der Waals surface area contributed by atoms with Crippen molar-refractivity contribution >= 4 is 23.2 Å². The van der Waals surface area contributed by atoms with E-state index in [1.54, 1.807) is 11.0 Å². The van der Waals surface area contributed by atoms with E-state index in [0.29, 0.717) is 17.8 Å². The van der Waals surface area contributed by atoms with E-state index in [-0.39, 0.29) is 11.8 Å². The highest BCUT2D eigenvalue weighted by Gasteiger charge is 2.56. The molecule has 2 amide bonds. The average Bonchev–Trinajstić information content (AvgIpc) is 3.00. The Hall–Kier alpha value is -3.60. The molecule has 0 fully saturated rings. The van der Waals surface area contributed by atoms with Gasteiger partial charge in [-0.15, -0.1) is 0 Å². The minimum Gasteiger partial charge on any atom is -0.350 e. The molecular formula is C23H19N3O2. The molecule has 1 spiro atoms. The molecule has 3 aromatic rings. The summed E-state index contributed by atoms with van der Waals surface area (Å²) in [5, 5.41) is 6.40. The fourth-order valence-corrected chi connectivity index (χ4v) is 4.15. The summed E-state index contributed by atoms with van der Waals surface area (Å²) in [4.78, 5) is 28.5. The molecule has 0 saturated carbocycles. The van der Waals surface area contributed by atoms with Gasteiger partial charge in [0.25, 0.3) is 11.8 Å². The standard InChI is InChI=1S/C23H19N3O2/c1-15-8-7-12-18-20(15)24-22(28)23(18)25-19-13-6-5-11-17(19)21(27)26(23)14-16-9-3-2-4-10-16/h2-13,25H,14H2,1H3,(H,24,28). The van der Waals surface area contributed by atoms with E-state index in [2.05, 4.69) is 10.6 Å². The van der Waals surface area contributed by atoms with Crippen molar-refractivity contribution in [1.29, 1.82) is 0 Å². The molecule has 5 rings (SSSR count). The lowest BCUT2D eigenvalue weighted by atomic mass is 9.91. The zero-order valence-corrected chi connectivity index (χ0v) is 15.4. The lowest BCUT2D eigenvalue weighted by molar-refractivity contribution is -0.125. The van der Waals surface area contributed by atoms with Gasteiger partial charge in [-0.05, 0) is 30.2 Å². The quantitative estimate of drug-likeness (QED) is 0.721. The highest BCUT2D eigenvalue weighted by molar-refractivity contribution is 6.14. The van der Waals surface area contributed by atoms with Gasteiger partial charge < -0.3 is 10.6 Å². The van der Waals surface area contributed by atoms with Crippen LogP contribution in [-0.4, -0.2) is 16.7 Å². The van der Waals surface area contributed by atoms with Crippen molar-refractivity contribution in [2.75, 3.05) is 10.6 Å². The zero-order valence-electron chi connectivity index (χ0n) is 15.4. The van der Waals surface area contributed by atoms with Crippen molar-refractivity contribution in [3.05, 3.63) is 95.1 Å². The molecule has 138 valence electrons. The first-order chi connectivity index (χ1) is 13.6. The highest BCUT2D eigenvalue weighted by atomic mass is 16.2. The molecule has 5 nitrogen and oxygen atoms in total. The van der Waals surface area contributed by atoms with Crippen molar-refractivity contribution in [1.82, 2.24) is 4.90 Å². The predicted molar refractivity (Wildman–Crippen MR) is 108 cm³/mol. The van der Waals surface area contributed by atoms with Crippen molar-refractivity contribution in [2.45, 2.75) is 19.1 Å². The molecule has 0 bridgehead atoms. The van der Waals surface area contributed by atoms with Crippen LogP contribution < -0.4 is 10.6 Å². The second-order valence-corrected chi connectivity index (χ2v) is 7.21. The summed E-state index contributed by atoms with van der Waals surface area (Å²) < 4.78 is 0. The number of hydrogen-bond acceptors (Lipinski definition) is 3. The van der Waals surface area contributed by atoms with Gasteiger partial charge in [-0.2, -0.15) is 0 Å². The minimum atomic E-state index is -1.28. The third-order valence-corrected chi connectivity index (χ3v) is 5.54. The van der Waals surface area contributed by atoms with E-state index >= 15 is 0 Å². The molecule has 1 unspecified atom stereocenters. The maximum Gasteiger partial charge on any atom is 0.276 e. The Bertz CT molecular complexity index is 1110. The smallest absolute Gasteiger partial charge is 0.276 e. The zero-order chi connectivity index (χ0) is 19.3. The molecular weight excluding hydrogens is 350 g/mol. The molecule has 0 saturated heterocycles. The van der Waals surface area contributed by atoms with Crippen LogP contribution >= 0.6 is 0 Å². The summed E-state index contributed by atoms with van der Waals surface area (Å²) in [6, 6.07) is 22.9. The fraction of sp³-hybridized carbons (Fsp3) is 0.130. The maximum absolute atomic E-state index is 13.5. The Morgan fingerprint density at radius 1 is 0.893 bits per heavy atom. The van der Waals surface area contributed by atoms with E-state index in [4.69, 9.17) is 0 Å². The first-order valence-corrected chi connectivity index (χ1v) is 9.26. The van der Waals surface area contributed by atoms with Crippen LogP contribution in [0.5, 0.6) is 0 Å². The Morgan fingerprint density at radius 3 is 2.46 bits per heavy atom. The molecule has 0 aliphatic carbocycles. The topological polar surface area (TPSA) is 61.4 Å². The second-order valence-electron chi connectivity index (χ2n) is 7.21. The Morgan fingerprint density at radius 2 is 1.64 bits per heavy atom. The molecule has 1 atom stereocenters. The Labute approximate surface area is 163 Å². The molecule has 2 N–H and O–H groups in total. The number of hydrogen-bond donors (Lipinski definition) is 2. The molecule has 0 aromatic heterocycles. The van der Waals surface area contributed by atoms with E-state index < -0.39 is 5.66 Å². The number of amides is 2. The molecule has 28 heavy (non-hydrogen) atoms. The van der Waals surface area contributed by atoms with Gasteiger partial charge in [-0.25, -0.2) is 0 Å². The van der Waals surface area contributed by atoms with Crippen LogP contribution in [0, 0.1) is 6.92 Å². The van der Waals surface area contributed by atoms with E-state index in [1.807, 2.05) is 73.7 Å². The van der Waals surface area contributed by atoms with E-state index in [0.717, 1.165) is 22.4 Å². The number of carbonyl (C=O) groups is 2. The number of benzene rings is 3. The third-order valence-electron chi connectivity index (χ3n) is 5.54. The van der Waals surface area contributed by atoms with E-state index in [9.17, 15) is 9.59 Å². The van der Waals surface area contributed by atoms with Gasteiger partial charge in [0, 0.05) is 17.8 Å². The van der Waals surface area contributed by atoms with Gasteiger partial charge in [0.15, 0.2) is 0 Å². The molecule has 2 heterocycles. The summed E-state index contributed by atoms with van der Waals surface area (Å²) in [6.45, 7) is 2.28. The van der Waals surface area contributed by atoms with E-state index in [1.165, 1.54) is 0 Å². The minimum absolute atomic E-state index is 0.164. The summed E-state index contributed by atoms with van der Waals surface area (Å²) in [5.41, 5.74) is 3.43. The summed E-state index contributed by atoms with van der Waals surface area (Å²) >= 11 is 0. The number of fused-ring (bicyclic) bond motifs is 3. The van der Waals surface area contributed by atoms with Gasteiger partial charge in [0.1, 0.15) is 0 Å². The number of nitrogens with one attached hydrogen (secondary N) is 2. The van der Waals surface area contributed by atoms with Crippen LogP contribution in [0.1, 0.15) is 27.0 Å². The van der Waals surface area contributed by atoms with Gasteiger partial charge in [0.05, 0.1) is 11.3 Å². The lowest BCUT2D eigenvalue weighted by Gasteiger charge is -2.44. The van der Waals surface area contributed by atoms with Gasteiger partial charge in [0.2, 0.25) is 5.66 Å². The van der Waals surface area contributed by atoms with Crippen LogP contribution in [0.15, 0.2) is 72.8 Å². The average molecular weight is 369 g/mol. The lowest BCUT2D eigenvalue weighted by Crippen LogP contribution is -2.60. The second kappa shape index (κ2) is 5.96. The highest BCUT2D eigenvalue weighted by Crippen LogP contribution is 2.46. The number of nitrogens with zero attached hydrogens (tertiary/aromatic N) is 1. The summed E-state index contributed by atoms with van der Waals surface area (Å²) in [7, 11) is 0. The third kappa shape index (κ3) is 2.19. The Kier molecular flexibility index (Phi) is 3.52. The number of rotatable bonds is 2. The molecule has 3 aromatic carbocycles. The van der Waals surface area contributed by atoms with Crippen molar-refractivity contribution in [3.63, 3.8) is 0 Å². The number of para-hydroxylation sites is 2. The number of carbonyl (C=O) groups excluding carboxylic acids is 2. The number of anilines is 2. The largest absolute Gasteiger partial charge is 0.350 e. The SMILES string of the molecule is Cc1cccc2c1NC(=O)C21Nc2ccccc2C(=O)N1Cc1ccccc1. The van der Waals surface area contributed by atoms with Crippen LogP contribution in [0.4, 0.5) is 11.4 Å². The summed E-state index contributed by atoms with van der Waals surface area (Å²) in [6.07, 6.45) is 0. The summed E-state index contributed by atoms with van der Waals surface area (Å²) in [5.74, 6) is -0.404. The van der Waals surface area contributed by atoms with Crippen LogP contribution in [-0.2, 0) is 17.0 Å². The molecule has 0 radical (unpaired) electrons. The molecule has 2 aliphatic heterocycles. The van der Waals surface area contributed by atoms with Gasteiger partial charge in [-0.3, -0.25) is 14.5 Å². The van der Waals surface area contributed by atoms with Crippen molar-refractivity contribution < 1.29 is 9.59 Å². The van der Waals surface area contributed by atoms with Crippen molar-refractivity contribution in [3.8, 4) is 0 Å². The van der Waals surface area contributed by atoms with Gasteiger partial charge in [-0.1, -0.05) is 60.7 Å². The molecule has 2 aliphatic rings. The molecule has 5 heteroatoms. The fourth-order valence-electron chi connectivity index (χ4n) is 4.15. The Balaban J connectivity index is 1.74. The first-order valence-electron chi connectivity index (χ1n) is 9.26. The monoisotopic (exact) mass is 369 g/mol. The maximum atomic E-state index is 13.5. The van der Waals surface area contributed by atoms with Crippen LogP contribution in [0.3, 0.4) is 0 Å². The normalized spacial score (nSPS) is 19.8.